The number of nitrogens with zero attached hydrogens (tertiary/aromatic N) is 5. The molecule has 9 heteroatoms. The summed E-state index contributed by atoms with van der Waals surface area (Å²) in [6.07, 6.45) is 3.84. The normalized spacial score (nSPS) is 11.7. The van der Waals surface area contributed by atoms with Gasteiger partial charge >= 0.3 is 0 Å². The Balaban J connectivity index is 2.09. The molecule has 0 aliphatic rings. The largest absolute Gasteiger partial charge is 0.238 e. The smallest absolute Gasteiger partial charge is 0.225 e. The highest BCUT2D eigenvalue weighted by Gasteiger charge is 2.18. The lowest BCUT2D eigenvalue weighted by Crippen LogP contribution is -2.14. The van der Waals surface area contributed by atoms with Crippen LogP contribution in [0.1, 0.15) is 28.9 Å². The van der Waals surface area contributed by atoms with Crippen LogP contribution in [-0.2, 0) is 16.6 Å². The SMILES string of the molecule is Cc1cc(-c2ccccc2/C=C/c2nnnn2CCC#N)c(S(N)(=O)=O)cc1C. The number of aryl methyl sites for hydroxylation is 3. The minimum Gasteiger partial charge on any atom is -0.225 e. The van der Waals surface area contributed by atoms with Gasteiger partial charge in [0.25, 0.3) is 0 Å². The average molecular weight is 408 g/mol. The van der Waals surface area contributed by atoms with Gasteiger partial charge in [-0.2, -0.15) is 5.26 Å². The summed E-state index contributed by atoms with van der Waals surface area (Å²) in [6.45, 7) is 4.16. The second-order valence-corrected chi connectivity index (χ2v) is 8.10. The van der Waals surface area contributed by atoms with E-state index in [9.17, 15) is 8.42 Å². The Bertz CT molecular complexity index is 1220. The number of sulfonamides is 1. The molecule has 0 amide bonds. The number of nitriles is 1. The Labute approximate surface area is 169 Å². The lowest BCUT2D eigenvalue weighted by molar-refractivity contribution is 0.595. The van der Waals surface area contributed by atoms with Gasteiger partial charge in [-0.1, -0.05) is 30.3 Å². The highest BCUT2D eigenvalue weighted by atomic mass is 32.2. The van der Waals surface area contributed by atoms with Crippen molar-refractivity contribution in [1.82, 2.24) is 20.2 Å². The second kappa shape index (κ2) is 8.34. The van der Waals surface area contributed by atoms with Crippen molar-refractivity contribution < 1.29 is 8.42 Å². The first kappa shape index (κ1) is 20.4. The molecule has 0 aliphatic heterocycles. The van der Waals surface area contributed by atoms with Gasteiger partial charge in [0.2, 0.25) is 10.0 Å². The number of primary sulfonamides is 1. The maximum absolute atomic E-state index is 12.2. The van der Waals surface area contributed by atoms with Crippen LogP contribution in [0.3, 0.4) is 0 Å². The number of hydrogen-bond donors (Lipinski definition) is 1. The van der Waals surface area contributed by atoms with E-state index in [0.29, 0.717) is 24.4 Å². The van der Waals surface area contributed by atoms with Crippen molar-refractivity contribution >= 4 is 22.2 Å². The van der Waals surface area contributed by atoms with Gasteiger partial charge in [-0.3, -0.25) is 0 Å². The van der Waals surface area contributed by atoms with Crippen LogP contribution in [0.5, 0.6) is 0 Å². The van der Waals surface area contributed by atoms with Crippen LogP contribution < -0.4 is 5.14 Å². The van der Waals surface area contributed by atoms with E-state index in [1.54, 1.807) is 12.1 Å². The second-order valence-electron chi connectivity index (χ2n) is 6.57. The first-order valence-electron chi connectivity index (χ1n) is 8.86. The van der Waals surface area contributed by atoms with Gasteiger partial charge in [0.1, 0.15) is 0 Å². The van der Waals surface area contributed by atoms with Crippen molar-refractivity contribution in [3.05, 3.63) is 58.9 Å². The van der Waals surface area contributed by atoms with E-state index in [0.717, 1.165) is 22.3 Å². The van der Waals surface area contributed by atoms with Crippen LogP contribution in [0, 0.1) is 25.2 Å². The predicted molar refractivity (Wildman–Crippen MR) is 110 cm³/mol. The summed E-state index contributed by atoms with van der Waals surface area (Å²) in [7, 11) is -3.90. The van der Waals surface area contributed by atoms with Crippen molar-refractivity contribution in [1.29, 1.82) is 5.26 Å². The van der Waals surface area contributed by atoms with Crippen LogP contribution in [0.2, 0.25) is 0 Å². The van der Waals surface area contributed by atoms with E-state index in [4.69, 9.17) is 10.4 Å². The Hall–Kier alpha value is -3.35. The molecule has 0 spiro atoms. The summed E-state index contributed by atoms with van der Waals surface area (Å²) >= 11 is 0. The molecule has 3 rings (SSSR count). The van der Waals surface area contributed by atoms with Crippen molar-refractivity contribution in [2.75, 3.05) is 0 Å². The molecule has 0 atom stereocenters. The monoisotopic (exact) mass is 408 g/mol. The zero-order valence-corrected chi connectivity index (χ0v) is 16.9. The summed E-state index contributed by atoms with van der Waals surface area (Å²) < 4.78 is 25.9. The molecule has 148 valence electrons. The van der Waals surface area contributed by atoms with Crippen molar-refractivity contribution in [2.24, 2.45) is 5.14 Å². The van der Waals surface area contributed by atoms with Crippen LogP contribution in [0.15, 0.2) is 41.3 Å². The minimum atomic E-state index is -3.90. The third-order valence-electron chi connectivity index (χ3n) is 4.56. The molecule has 8 nitrogen and oxygen atoms in total. The van der Waals surface area contributed by atoms with Gasteiger partial charge in [0, 0.05) is 5.56 Å². The average Bonchev–Trinajstić information content (AvgIpc) is 3.13. The summed E-state index contributed by atoms with van der Waals surface area (Å²) in [6, 6.07) is 12.9. The summed E-state index contributed by atoms with van der Waals surface area (Å²) in [5.74, 6) is 0.502. The Kier molecular flexibility index (Phi) is 5.87. The summed E-state index contributed by atoms with van der Waals surface area (Å²) in [5.41, 5.74) is 3.87. The highest BCUT2D eigenvalue weighted by molar-refractivity contribution is 7.89. The van der Waals surface area contributed by atoms with Crippen molar-refractivity contribution in [2.45, 2.75) is 31.7 Å². The maximum atomic E-state index is 12.2. The number of nitrogens with two attached hydrogens (primary N) is 1. The zero-order valence-electron chi connectivity index (χ0n) is 16.1. The van der Waals surface area contributed by atoms with Crippen LogP contribution >= 0.6 is 0 Å². The van der Waals surface area contributed by atoms with E-state index >= 15 is 0 Å². The van der Waals surface area contributed by atoms with Gasteiger partial charge in [-0.15, -0.1) is 5.10 Å². The topological polar surface area (TPSA) is 128 Å². The fourth-order valence-electron chi connectivity index (χ4n) is 2.93. The highest BCUT2D eigenvalue weighted by Crippen LogP contribution is 2.32. The molecule has 0 unspecified atom stereocenters. The molecular formula is C20H20N6O2S. The van der Waals surface area contributed by atoms with Crippen LogP contribution in [0.25, 0.3) is 23.3 Å². The van der Waals surface area contributed by atoms with Gasteiger partial charge < -0.3 is 0 Å². The number of rotatable bonds is 6. The Morgan fingerprint density at radius 1 is 1.14 bits per heavy atom. The predicted octanol–water partition coefficient (Wildman–Crippen LogP) is 2.69. The molecular weight excluding hydrogens is 388 g/mol. The third-order valence-corrected chi connectivity index (χ3v) is 5.51. The summed E-state index contributed by atoms with van der Waals surface area (Å²) in [5, 5.41) is 25.7. The van der Waals surface area contributed by atoms with Gasteiger partial charge in [-0.05, 0) is 64.7 Å². The van der Waals surface area contributed by atoms with E-state index in [1.807, 2.05) is 50.3 Å². The number of benzene rings is 2. The van der Waals surface area contributed by atoms with E-state index in [1.165, 1.54) is 4.68 Å². The first-order chi connectivity index (χ1) is 13.8. The molecule has 0 aliphatic carbocycles. The molecule has 0 saturated carbocycles. The van der Waals surface area contributed by atoms with Crippen LogP contribution in [-0.4, -0.2) is 28.6 Å². The Morgan fingerprint density at radius 3 is 2.59 bits per heavy atom. The molecule has 0 fully saturated rings. The number of aromatic nitrogens is 4. The molecule has 2 N–H and O–H groups in total. The fraction of sp³-hybridized carbons (Fsp3) is 0.200. The molecule has 29 heavy (non-hydrogen) atoms. The Morgan fingerprint density at radius 2 is 1.86 bits per heavy atom. The van der Waals surface area contributed by atoms with Crippen LogP contribution in [0.4, 0.5) is 0 Å². The van der Waals surface area contributed by atoms with Crippen molar-refractivity contribution in [3.63, 3.8) is 0 Å². The molecule has 3 aromatic rings. The quantitative estimate of drug-likeness (QED) is 0.668. The molecule has 1 heterocycles. The van der Waals surface area contributed by atoms with Gasteiger partial charge in [0.15, 0.2) is 5.82 Å². The number of hydrogen-bond acceptors (Lipinski definition) is 6. The zero-order chi connectivity index (χ0) is 21.0. The molecule has 1 aromatic heterocycles. The molecule has 0 radical (unpaired) electrons. The fourth-order valence-corrected chi connectivity index (χ4v) is 3.75. The maximum Gasteiger partial charge on any atom is 0.238 e. The first-order valence-corrected chi connectivity index (χ1v) is 10.4. The molecule has 0 bridgehead atoms. The minimum absolute atomic E-state index is 0.0836. The molecule has 0 saturated heterocycles. The van der Waals surface area contributed by atoms with E-state index in [2.05, 4.69) is 21.6 Å². The lowest BCUT2D eigenvalue weighted by atomic mass is 9.96. The molecule has 2 aromatic carbocycles. The van der Waals surface area contributed by atoms with Gasteiger partial charge in [-0.25, -0.2) is 18.2 Å². The standard InChI is InChI=1S/C20H20N6O2S/c1-14-12-18(19(13-15(14)2)29(22,27)28)17-7-4-3-6-16(17)8-9-20-23-24-25-26(20)11-5-10-21/h3-4,6-9,12-13H,5,11H2,1-2H3,(H2,22,27,28)/b9-8+. The van der Waals surface area contributed by atoms with Crippen molar-refractivity contribution in [3.8, 4) is 17.2 Å². The number of tetrazole rings is 1. The summed E-state index contributed by atoms with van der Waals surface area (Å²) in [4.78, 5) is 0.0836. The van der Waals surface area contributed by atoms with Gasteiger partial charge in [0.05, 0.1) is 23.9 Å². The van der Waals surface area contributed by atoms with E-state index < -0.39 is 10.0 Å². The van der Waals surface area contributed by atoms with E-state index in [-0.39, 0.29) is 4.90 Å². The lowest BCUT2D eigenvalue weighted by Gasteiger charge is -2.14. The third kappa shape index (κ3) is 4.56.